The van der Waals surface area contributed by atoms with Gasteiger partial charge in [0.2, 0.25) is 5.91 Å². The van der Waals surface area contributed by atoms with E-state index in [0.29, 0.717) is 11.6 Å². The van der Waals surface area contributed by atoms with Crippen molar-refractivity contribution >= 4 is 33.0 Å². The van der Waals surface area contributed by atoms with Crippen molar-refractivity contribution < 1.29 is 13.2 Å². The first-order chi connectivity index (χ1) is 14.0. The summed E-state index contributed by atoms with van der Waals surface area (Å²) in [6.07, 6.45) is 0. The number of anilines is 1. The number of carbonyl (C=O) groups is 1. The smallest absolute Gasteiger partial charge is 0.241 e. The molecule has 2 heterocycles. The van der Waals surface area contributed by atoms with Crippen molar-refractivity contribution in [3.8, 4) is 0 Å². The van der Waals surface area contributed by atoms with Crippen LogP contribution >= 0.6 is 11.6 Å². The number of sulfone groups is 1. The number of nitrogens with zero attached hydrogens (tertiary/aromatic N) is 2. The van der Waals surface area contributed by atoms with E-state index in [9.17, 15) is 13.2 Å². The van der Waals surface area contributed by atoms with Crippen molar-refractivity contribution in [1.29, 1.82) is 0 Å². The molecule has 2 unspecified atom stereocenters. The van der Waals surface area contributed by atoms with Crippen LogP contribution in [-0.4, -0.2) is 49.4 Å². The average molecular weight is 447 g/mol. The molecule has 0 saturated carbocycles. The Morgan fingerprint density at radius 3 is 2.27 bits per heavy atom. The molecular formula is C23H27ClN2O3S. The minimum Gasteiger partial charge on any atom is -0.306 e. The van der Waals surface area contributed by atoms with Crippen LogP contribution in [0.1, 0.15) is 31.9 Å². The first-order valence-electron chi connectivity index (χ1n) is 10.2. The summed E-state index contributed by atoms with van der Waals surface area (Å²) in [5.41, 5.74) is 2.84. The lowest BCUT2D eigenvalue weighted by molar-refractivity contribution is -0.123. The number of hydrogen-bond donors (Lipinski definition) is 0. The van der Waals surface area contributed by atoms with Crippen molar-refractivity contribution in [2.45, 2.75) is 44.8 Å². The first kappa shape index (κ1) is 21.3. The Labute approximate surface area is 183 Å². The first-order valence-corrected chi connectivity index (χ1v) is 12.4. The largest absolute Gasteiger partial charge is 0.306 e. The summed E-state index contributed by atoms with van der Waals surface area (Å²) in [4.78, 5) is 16.8. The van der Waals surface area contributed by atoms with E-state index < -0.39 is 9.84 Å². The number of hydrogen-bond acceptors (Lipinski definition) is 4. The molecule has 30 heavy (non-hydrogen) atoms. The number of piperazine rings is 1. The maximum absolute atomic E-state index is 13.2. The van der Waals surface area contributed by atoms with E-state index in [2.05, 4.69) is 20.8 Å². The number of carbonyl (C=O) groups excluding carboxylic acids is 1. The van der Waals surface area contributed by atoms with E-state index in [1.807, 2.05) is 53.4 Å². The summed E-state index contributed by atoms with van der Waals surface area (Å²) in [6, 6.07) is 14.8. The number of fused-ring (bicyclic) bond motifs is 1. The fraction of sp³-hybridized carbons (Fsp3) is 0.435. The second-order valence-electron chi connectivity index (χ2n) is 9.27. The summed E-state index contributed by atoms with van der Waals surface area (Å²) in [6.45, 7) is 7.04. The van der Waals surface area contributed by atoms with Crippen molar-refractivity contribution in [2.75, 3.05) is 23.0 Å². The van der Waals surface area contributed by atoms with Gasteiger partial charge in [0.25, 0.3) is 0 Å². The minimum absolute atomic E-state index is 0.00935. The molecule has 5 nitrogen and oxygen atoms in total. The van der Waals surface area contributed by atoms with Crippen LogP contribution in [0.15, 0.2) is 48.5 Å². The molecule has 4 rings (SSSR count). The van der Waals surface area contributed by atoms with Gasteiger partial charge in [-0.1, -0.05) is 62.7 Å². The van der Waals surface area contributed by atoms with Gasteiger partial charge < -0.3 is 4.90 Å². The monoisotopic (exact) mass is 446 g/mol. The van der Waals surface area contributed by atoms with Gasteiger partial charge >= 0.3 is 0 Å². The Balaban J connectivity index is 1.65. The van der Waals surface area contributed by atoms with Gasteiger partial charge in [0, 0.05) is 23.3 Å². The zero-order valence-corrected chi connectivity index (χ0v) is 19.1. The Hall–Kier alpha value is -1.89. The molecule has 0 N–H and O–H groups in total. The molecule has 1 amide bonds. The molecule has 0 aliphatic carbocycles. The highest BCUT2D eigenvalue weighted by molar-refractivity contribution is 7.91. The van der Waals surface area contributed by atoms with Gasteiger partial charge in [-0.3, -0.25) is 9.69 Å². The van der Waals surface area contributed by atoms with Gasteiger partial charge in [0.05, 0.1) is 24.1 Å². The zero-order chi connectivity index (χ0) is 21.7. The SMILES string of the molecule is CC(C)(C)c1ccc(N2C(=O)CN(Cc3ccccc3Cl)C3CS(=O)(=O)CC32)cc1. The maximum atomic E-state index is 13.2. The van der Waals surface area contributed by atoms with Crippen molar-refractivity contribution in [3.05, 3.63) is 64.7 Å². The topological polar surface area (TPSA) is 57.7 Å². The Morgan fingerprint density at radius 1 is 1.00 bits per heavy atom. The molecule has 7 heteroatoms. The van der Waals surface area contributed by atoms with Crippen LogP contribution in [0.5, 0.6) is 0 Å². The predicted molar refractivity (Wildman–Crippen MR) is 121 cm³/mol. The zero-order valence-electron chi connectivity index (χ0n) is 17.5. The molecule has 0 bridgehead atoms. The lowest BCUT2D eigenvalue weighted by Gasteiger charge is -2.43. The molecule has 160 valence electrons. The van der Waals surface area contributed by atoms with E-state index in [1.54, 1.807) is 4.90 Å². The molecule has 2 aromatic rings. The minimum atomic E-state index is -3.23. The van der Waals surface area contributed by atoms with E-state index in [0.717, 1.165) is 11.3 Å². The summed E-state index contributed by atoms with van der Waals surface area (Å²) < 4.78 is 25.1. The van der Waals surface area contributed by atoms with Crippen LogP contribution in [0.2, 0.25) is 5.02 Å². The molecule has 2 aromatic carbocycles. The standard InChI is InChI=1S/C23H27ClN2O3S/c1-23(2,3)17-8-10-18(11-9-17)26-21-15-30(28,29)14-20(21)25(13-22(26)27)12-16-6-4-5-7-19(16)24/h4-11,20-21H,12-15H2,1-3H3. The van der Waals surface area contributed by atoms with E-state index in [4.69, 9.17) is 11.6 Å². The fourth-order valence-electron chi connectivity index (χ4n) is 4.43. The quantitative estimate of drug-likeness (QED) is 0.722. The predicted octanol–water partition coefficient (Wildman–Crippen LogP) is 3.65. The second kappa shape index (κ2) is 7.66. The third-order valence-electron chi connectivity index (χ3n) is 6.04. The summed E-state index contributed by atoms with van der Waals surface area (Å²) in [5.74, 6) is -0.0287. The highest BCUT2D eigenvalue weighted by Crippen LogP contribution is 2.34. The van der Waals surface area contributed by atoms with Crippen LogP contribution in [0, 0.1) is 0 Å². The van der Waals surface area contributed by atoms with Gasteiger partial charge in [0.1, 0.15) is 0 Å². The molecule has 0 spiro atoms. The Kier molecular flexibility index (Phi) is 5.45. The third-order valence-corrected chi connectivity index (χ3v) is 8.11. The van der Waals surface area contributed by atoms with Crippen molar-refractivity contribution in [2.24, 2.45) is 0 Å². The molecule has 2 fully saturated rings. The molecule has 2 atom stereocenters. The molecule has 2 saturated heterocycles. The van der Waals surface area contributed by atoms with Gasteiger partial charge in [0.15, 0.2) is 9.84 Å². The summed E-state index contributed by atoms with van der Waals surface area (Å²) in [5, 5.41) is 0.627. The molecule has 0 radical (unpaired) electrons. The van der Waals surface area contributed by atoms with Crippen molar-refractivity contribution in [1.82, 2.24) is 4.90 Å². The lowest BCUT2D eigenvalue weighted by atomic mass is 9.87. The van der Waals surface area contributed by atoms with Crippen LogP contribution < -0.4 is 4.90 Å². The van der Waals surface area contributed by atoms with Crippen molar-refractivity contribution in [3.63, 3.8) is 0 Å². The summed E-state index contributed by atoms with van der Waals surface area (Å²) >= 11 is 6.31. The highest BCUT2D eigenvalue weighted by Gasteiger charge is 2.49. The molecule has 0 aromatic heterocycles. The van der Waals surface area contributed by atoms with Crippen LogP contribution in [0.25, 0.3) is 0 Å². The summed E-state index contributed by atoms with van der Waals surface area (Å²) in [7, 11) is -3.23. The van der Waals surface area contributed by atoms with Crippen LogP contribution in [-0.2, 0) is 26.6 Å². The number of benzene rings is 2. The lowest BCUT2D eigenvalue weighted by Crippen LogP contribution is -2.61. The van der Waals surface area contributed by atoms with E-state index >= 15 is 0 Å². The molecular weight excluding hydrogens is 420 g/mol. The number of halogens is 1. The number of amides is 1. The van der Waals surface area contributed by atoms with Crippen LogP contribution in [0.4, 0.5) is 5.69 Å². The number of rotatable bonds is 3. The van der Waals surface area contributed by atoms with E-state index in [-0.39, 0.29) is 41.5 Å². The van der Waals surface area contributed by atoms with E-state index in [1.165, 1.54) is 5.56 Å². The Bertz CT molecular complexity index is 1060. The van der Waals surface area contributed by atoms with Gasteiger partial charge in [-0.25, -0.2) is 8.42 Å². The normalized spacial score (nSPS) is 24.1. The Morgan fingerprint density at radius 2 is 1.63 bits per heavy atom. The maximum Gasteiger partial charge on any atom is 0.241 e. The van der Waals surface area contributed by atoms with Gasteiger partial charge in [-0.05, 0) is 34.7 Å². The fourth-order valence-corrected chi connectivity index (χ4v) is 6.61. The average Bonchev–Trinajstić information content (AvgIpc) is 2.98. The second-order valence-corrected chi connectivity index (χ2v) is 11.8. The third kappa shape index (κ3) is 4.13. The van der Waals surface area contributed by atoms with Crippen LogP contribution in [0.3, 0.4) is 0 Å². The molecule has 2 aliphatic heterocycles. The molecule has 2 aliphatic rings. The highest BCUT2D eigenvalue weighted by atomic mass is 35.5. The van der Waals surface area contributed by atoms with Gasteiger partial charge in [-0.15, -0.1) is 0 Å². The van der Waals surface area contributed by atoms with Gasteiger partial charge in [-0.2, -0.15) is 0 Å².